The fourth-order valence-corrected chi connectivity index (χ4v) is 3.90. The topological polar surface area (TPSA) is 30.5 Å². The average molecular weight is 340 g/mol. The fraction of sp³-hybridized carbons (Fsp3) is 0.684. The second-order valence-corrected chi connectivity index (χ2v) is 6.79. The van der Waals surface area contributed by atoms with Crippen molar-refractivity contribution in [1.29, 1.82) is 0 Å². The lowest BCUT2D eigenvalue weighted by Crippen LogP contribution is -2.46. The molecule has 1 aliphatic carbocycles. The van der Waals surface area contributed by atoms with Crippen molar-refractivity contribution in [2.45, 2.75) is 57.7 Å². The number of hydrogen-bond donors (Lipinski definition) is 1. The number of nitrogens with one attached hydrogen (secondary N) is 1. The molecule has 1 spiro atoms. The van der Waals surface area contributed by atoms with Gasteiger partial charge in [-0.25, -0.2) is 0 Å². The van der Waals surface area contributed by atoms with Gasteiger partial charge in [0.15, 0.2) is 5.79 Å². The summed E-state index contributed by atoms with van der Waals surface area (Å²) in [5.74, 6) is -0.314. The van der Waals surface area contributed by atoms with Crippen molar-refractivity contribution in [3.63, 3.8) is 0 Å². The summed E-state index contributed by atoms with van der Waals surface area (Å²) in [6.07, 6.45) is 4.04. The first-order valence-corrected chi connectivity index (χ1v) is 9.16. The van der Waals surface area contributed by atoms with Crippen molar-refractivity contribution in [3.05, 3.63) is 34.3 Å². The molecule has 0 aromatic heterocycles. The molecule has 0 atom stereocenters. The average Bonchev–Trinajstić information content (AvgIpc) is 3.03. The Balaban J connectivity index is 0.000000924. The quantitative estimate of drug-likeness (QED) is 0.882. The molecule has 1 aliphatic heterocycles. The van der Waals surface area contributed by atoms with E-state index in [1.54, 1.807) is 0 Å². The molecule has 4 heteroatoms. The number of halogens is 1. The van der Waals surface area contributed by atoms with Crippen molar-refractivity contribution in [2.24, 2.45) is 0 Å². The van der Waals surface area contributed by atoms with Crippen molar-refractivity contribution >= 4 is 11.6 Å². The summed E-state index contributed by atoms with van der Waals surface area (Å²) in [6, 6.07) is 6.50. The summed E-state index contributed by atoms with van der Waals surface area (Å²) in [5, 5.41) is 4.22. The van der Waals surface area contributed by atoms with Gasteiger partial charge >= 0.3 is 0 Å². The van der Waals surface area contributed by atoms with Gasteiger partial charge in [-0.1, -0.05) is 37.6 Å². The monoisotopic (exact) mass is 339 g/mol. The molecule has 1 N–H and O–H groups in total. The Hall–Kier alpha value is -0.610. The molecule has 2 fully saturated rings. The van der Waals surface area contributed by atoms with Crippen LogP contribution in [0.5, 0.6) is 0 Å². The number of rotatable bonds is 3. The van der Waals surface area contributed by atoms with Crippen LogP contribution < -0.4 is 5.32 Å². The highest BCUT2D eigenvalue weighted by Crippen LogP contribution is 2.46. The van der Waals surface area contributed by atoms with Gasteiger partial charge in [-0.3, -0.25) is 0 Å². The van der Waals surface area contributed by atoms with Crippen LogP contribution in [0.1, 0.15) is 50.7 Å². The molecule has 2 aliphatic rings. The smallest absolute Gasteiger partial charge is 0.168 e. The summed E-state index contributed by atoms with van der Waals surface area (Å²) < 4.78 is 11.7. The molecule has 0 radical (unpaired) electrons. The number of hydrogen-bond acceptors (Lipinski definition) is 3. The molecular formula is C19H30ClNO2. The molecule has 0 bridgehead atoms. The van der Waals surface area contributed by atoms with Crippen LogP contribution >= 0.6 is 11.6 Å². The first-order valence-electron chi connectivity index (χ1n) is 8.78. The summed E-state index contributed by atoms with van der Waals surface area (Å²) in [7, 11) is 2.02. The van der Waals surface area contributed by atoms with E-state index in [1.807, 2.05) is 27.8 Å². The lowest BCUT2D eigenvalue weighted by atomic mass is 9.67. The van der Waals surface area contributed by atoms with Gasteiger partial charge in [0.05, 0.1) is 13.2 Å². The van der Waals surface area contributed by atoms with Gasteiger partial charge in [0.1, 0.15) is 0 Å². The van der Waals surface area contributed by atoms with E-state index < -0.39 is 0 Å². The van der Waals surface area contributed by atoms with Crippen LogP contribution in [0, 0.1) is 6.92 Å². The second kappa shape index (κ2) is 7.98. The fourth-order valence-electron chi connectivity index (χ4n) is 3.72. The molecule has 130 valence electrons. The minimum Gasteiger partial charge on any atom is -0.348 e. The van der Waals surface area contributed by atoms with Gasteiger partial charge in [0.2, 0.25) is 0 Å². The molecule has 1 saturated heterocycles. The molecule has 0 amide bonds. The predicted octanol–water partition coefficient (Wildman–Crippen LogP) is 4.45. The van der Waals surface area contributed by atoms with Gasteiger partial charge in [-0.15, -0.1) is 0 Å². The Bertz CT molecular complexity index is 502. The maximum absolute atomic E-state index is 6.35. The molecular weight excluding hydrogens is 310 g/mol. The zero-order valence-electron chi connectivity index (χ0n) is 14.9. The highest BCUT2D eigenvalue weighted by Gasteiger charge is 2.46. The maximum Gasteiger partial charge on any atom is 0.168 e. The van der Waals surface area contributed by atoms with Crippen LogP contribution in [-0.2, 0) is 14.9 Å². The van der Waals surface area contributed by atoms with Crippen molar-refractivity contribution in [1.82, 2.24) is 5.32 Å². The standard InChI is InChI=1S/C17H24ClNO2.C2H6/c1-13-3-4-14(11-15(13)18)16(12-19-2)5-7-17(8-6-16)20-9-10-21-17;1-2/h3-4,11,19H,5-10,12H2,1-2H3;1-2H3. The van der Waals surface area contributed by atoms with E-state index in [9.17, 15) is 0 Å². The number of aryl methyl sites for hydroxylation is 1. The second-order valence-electron chi connectivity index (χ2n) is 6.38. The Morgan fingerprint density at radius 2 is 1.70 bits per heavy atom. The van der Waals surface area contributed by atoms with E-state index in [2.05, 4.69) is 23.5 Å². The summed E-state index contributed by atoms with van der Waals surface area (Å²) >= 11 is 6.35. The van der Waals surface area contributed by atoms with E-state index >= 15 is 0 Å². The number of likely N-dealkylation sites (N-methyl/N-ethyl adjacent to an activating group) is 1. The zero-order valence-corrected chi connectivity index (χ0v) is 15.6. The molecule has 3 rings (SSSR count). The van der Waals surface area contributed by atoms with Crippen LogP contribution in [0.25, 0.3) is 0 Å². The van der Waals surface area contributed by atoms with E-state index in [1.165, 1.54) is 5.56 Å². The SMILES string of the molecule is CC.CNCC1(c2ccc(C)c(Cl)c2)CCC2(CC1)OCCO2. The van der Waals surface area contributed by atoms with E-state index in [0.29, 0.717) is 0 Å². The lowest BCUT2D eigenvalue weighted by Gasteiger charge is -2.44. The lowest BCUT2D eigenvalue weighted by molar-refractivity contribution is -0.185. The van der Waals surface area contributed by atoms with Gasteiger partial charge in [0.25, 0.3) is 0 Å². The molecule has 3 nitrogen and oxygen atoms in total. The molecule has 1 aromatic rings. The highest BCUT2D eigenvalue weighted by molar-refractivity contribution is 6.31. The third kappa shape index (κ3) is 3.90. The number of ether oxygens (including phenoxy) is 2. The van der Waals surface area contributed by atoms with E-state index in [4.69, 9.17) is 21.1 Å². The van der Waals surface area contributed by atoms with Gasteiger partial charge < -0.3 is 14.8 Å². The Kier molecular flexibility index (Phi) is 6.49. The molecule has 1 saturated carbocycles. The summed E-state index contributed by atoms with van der Waals surface area (Å²) in [5.41, 5.74) is 2.60. The molecule has 1 aromatic carbocycles. The van der Waals surface area contributed by atoms with Crippen LogP contribution in [0.15, 0.2) is 18.2 Å². The Morgan fingerprint density at radius 3 is 2.22 bits per heavy atom. The van der Waals surface area contributed by atoms with Crippen LogP contribution in [0.2, 0.25) is 5.02 Å². The van der Waals surface area contributed by atoms with Crippen LogP contribution in [-0.4, -0.2) is 32.6 Å². The minimum absolute atomic E-state index is 0.132. The van der Waals surface area contributed by atoms with Gasteiger partial charge in [-0.05, 0) is 44.0 Å². The highest BCUT2D eigenvalue weighted by atomic mass is 35.5. The first-order chi connectivity index (χ1) is 11.1. The minimum atomic E-state index is -0.314. The largest absolute Gasteiger partial charge is 0.348 e. The maximum atomic E-state index is 6.35. The van der Waals surface area contributed by atoms with Crippen LogP contribution in [0.4, 0.5) is 0 Å². The normalized spacial score (nSPS) is 21.8. The molecule has 1 heterocycles. The van der Waals surface area contributed by atoms with E-state index in [-0.39, 0.29) is 11.2 Å². The van der Waals surface area contributed by atoms with Crippen LogP contribution in [0.3, 0.4) is 0 Å². The summed E-state index contributed by atoms with van der Waals surface area (Å²) in [6.45, 7) is 8.47. The van der Waals surface area contributed by atoms with Crippen molar-refractivity contribution in [3.8, 4) is 0 Å². The molecule has 23 heavy (non-hydrogen) atoms. The third-order valence-corrected chi connectivity index (χ3v) is 5.49. The molecule has 0 unspecified atom stereocenters. The number of benzene rings is 1. The van der Waals surface area contributed by atoms with Gasteiger partial charge in [0, 0.05) is 29.8 Å². The summed E-state index contributed by atoms with van der Waals surface area (Å²) in [4.78, 5) is 0. The van der Waals surface area contributed by atoms with Gasteiger partial charge in [-0.2, -0.15) is 0 Å². The Morgan fingerprint density at radius 1 is 1.09 bits per heavy atom. The Labute approximate surface area is 145 Å². The first kappa shape index (κ1) is 18.7. The van der Waals surface area contributed by atoms with Crippen molar-refractivity contribution in [2.75, 3.05) is 26.8 Å². The third-order valence-electron chi connectivity index (χ3n) is 5.08. The van der Waals surface area contributed by atoms with Crippen molar-refractivity contribution < 1.29 is 9.47 Å². The predicted molar refractivity (Wildman–Crippen MR) is 96.2 cm³/mol. The van der Waals surface area contributed by atoms with E-state index in [0.717, 1.165) is 56.0 Å². The zero-order chi connectivity index (χ0) is 16.9.